The van der Waals surface area contributed by atoms with E-state index in [4.69, 9.17) is 14.2 Å². The molecule has 4 rings (SSSR count). The molecule has 1 aliphatic rings. The fraction of sp³-hybridized carbons (Fsp3) is 0.375. The fourth-order valence-corrected chi connectivity index (χ4v) is 5.18. The van der Waals surface area contributed by atoms with Crippen molar-refractivity contribution in [2.75, 3.05) is 33.4 Å². The van der Waals surface area contributed by atoms with Crippen molar-refractivity contribution < 1.29 is 42.1 Å². The molecule has 0 saturated carbocycles. The van der Waals surface area contributed by atoms with Crippen LogP contribution in [0.4, 0.5) is 18.0 Å². The van der Waals surface area contributed by atoms with Crippen molar-refractivity contribution in [2.45, 2.75) is 43.5 Å². The number of carboxylic acids is 1. The third-order valence-electron chi connectivity index (χ3n) is 7.56. The fourth-order valence-electron chi connectivity index (χ4n) is 5.18. The molecule has 2 atom stereocenters. The number of nitrogens with zero attached hydrogens (tertiary/aromatic N) is 1. The molecule has 3 aromatic rings. The van der Waals surface area contributed by atoms with E-state index < -0.39 is 28.8 Å². The van der Waals surface area contributed by atoms with Crippen LogP contribution < -0.4 is 14.8 Å². The number of hydrogen-bond donors (Lipinski definition) is 2. The van der Waals surface area contributed by atoms with Gasteiger partial charge in [0.2, 0.25) is 5.60 Å². The lowest BCUT2D eigenvalue weighted by Gasteiger charge is -2.37. The van der Waals surface area contributed by atoms with Crippen molar-refractivity contribution in [3.8, 4) is 11.5 Å². The zero-order valence-electron chi connectivity index (χ0n) is 24.0. The van der Waals surface area contributed by atoms with E-state index in [1.165, 1.54) is 26.2 Å². The predicted molar refractivity (Wildman–Crippen MR) is 153 cm³/mol. The zero-order chi connectivity index (χ0) is 31.1. The Morgan fingerprint density at radius 3 is 2.21 bits per heavy atom. The van der Waals surface area contributed by atoms with Gasteiger partial charge in [0.25, 0.3) is 0 Å². The minimum atomic E-state index is -4.43. The van der Waals surface area contributed by atoms with E-state index in [0.717, 1.165) is 17.7 Å². The van der Waals surface area contributed by atoms with Crippen LogP contribution in [-0.2, 0) is 28.5 Å². The van der Waals surface area contributed by atoms with Crippen LogP contribution in [0.3, 0.4) is 0 Å². The smallest absolute Gasteiger partial charge is 0.416 e. The minimum absolute atomic E-state index is 0.121. The first-order chi connectivity index (χ1) is 20.4. The van der Waals surface area contributed by atoms with Crippen LogP contribution in [0.15, 0.2) is 78.9 Å². The number of carbonyl (C=O) groups excluding carboxylic acids is 1. The summed E-state index contributed by atoms with van der Waals surface area (Å²) in [6, 6.07) is 20.5. The highest BCUT2D eigenvalue weighted by molar-refractivity contribution is 5.78. The normalized spacial score (nSPS) is 18.2. The largest absolute Gasteiger partial charge is 0.494 e. The summed E-state index contributed by atoms with van der Waals surface area (Å²) in [5.74, 6) is -0.0834. The van der Waals surface area contributed by atoms with Gasteiger partial charge < -0.3 is 29.5 Å². The number of methoxy groups -OCH3 is 1. The van der Waals surface area contributed by atoms with Gasteiger partial charge in [0.1, 0.15) is 11.5 Å². The van der Waals surface area contributed by atoms with Crippen LogP contribution in [0.1, 0.15) is 30.0 Å². The van der Waals surface area contributed by atoms with Crippen molar-refractivity contribution in [3.05, 3.63) is 95.6 Å². The average Bonchev–Trinajstić information content (AvgIpc) is 3.27. The number of nitrogens with one attached hydrogen (secondary N) is 1. The van der Waals surface area contributed by atoms with E-state index in [1.54, 1.807) is 53.4 Å². The molecule has 0 spiro atoms. The van der Waals surface area contributed by atoms with E-state index in [9.17, 15) is 27.9 Å². The Hall–Kier alpha value is -4.25. The quantitative estimate of drug-likeness (QED) is 0.250. The van der Waals surface area contributed by atoms with Crippen LogP contribution in [0.5, 0.6) is 11.5 Å². The highest BCUT2D eigenvalue weighted by Crippen LogP contribution is 2.33. The minimum Gasteiger partial charge on any atom is -0.494 e. The zero-order valence-corrected chi connectivity index (χ0v) is 24.0. The van der Waals surface area contributed by atoms with Gasteiger partial charge in [-0.3, -0.25) is 0 Å². The molecule has 8 nitrogen and oxygen atoms in total. The maximum atomic E-state index is 13.1. The number of carboxylic acid groups (broad SMARTS) is 1. The third kappa shape index (κ3) is 7.98. The summed E-state index contributed by atoms with van der Waals surface area (Å²) in [5.41, 5.74) is -1.56. The van der Waals surface area contributed by atoms with E-state index in [-0.39, 0.29) is 19.1 Å². The number of amides is 2. The number of rotatable bonds is 14. The molecule has 1 saturated heterocycles. The number of halogens is 3. The van der Waals surface area contributed by atoms with E-state index >= 15 is 0 Å². The first-order valence-corrected chi connectivity index (χ1v) is 13.8. The second kappa shape index (κ2) is 13.4. The predicted octanol–water partition coefficient (Wildman–Crippen LogP) is 5.59. The molecule has 2 amide bonds. The topological polar surface area (TPSA) is 97.3 Å². The second-order valence-electron chi connectivity index (χ2n) is 10.8. The molecule has 230 valence electrons. The van der Waals surface area contributed by atoms with E-state index in [2.05, 4.69) is 5.32 Å². The lowest BCUT2D eigenvalue weighted by molar-refractivity contribution is -0.153. The summed E-state index contributed by atoms with van der Waals surface area (Å²) in [4.78, 5) is 26.5. The number of alkyl halides is 3. The molecule has 2 N–H and O–H groups in total. The van der Waals surface area contributed by atoms with Gasteiger partial charge in [-0.25, -0.2) is 9.59 Å². The molecular weight excluding hydrogens is 565 g/mol. The van der Waals surface area contributed by atoms with Gasteiger partial charge in [0.05, 0.1) is 24.3 Å². The Labute approximate surface area is 248 Å². The lowest BCUT2D eigenvalue weighted by atomic mass is 9.86. The summed E-state index contributed by atoms with van der Waals surface area (Å²) in [6.07, 6.45) is -3.59. The van der Waals surface area contributed by atoms with Gasteiger partial charge in [0.15, 0.2) is 0 Å². The Balaban J connectivity index is 1.44. The maximum Gasteiger partial charge on any atom is 0.416 e. The third-order valence-corrected chi connectivity index (χ3v) is 7.56. The van der Waals surface area contributed by atoms with Gasteiger partial charge in [-0.05, 0) is 60.9 Å². The van der Waals surface area contributed by atoms with E-state index in [0.29, 0.717) is 49.6 Å². The van der Waals surface area contributed by atoms with Gasteiger partial charge in [-0.1, -0.05) is 42.5 Å². The Bertz CT molecular complexity index is 1370. The van der Waals surface area contributed by atoms with Crippen molar-refractivity contribution >= 4 is 12.0 Å². The first kappa shape index (κ1) is 31.7. The van der Waals surface area contributed by atoms with Gasteiger partial charge >= 0.3 is 18.2 Å². The van der Waals surface area contributed by atoms with Crippen LogP contribution in [0.2, 0.25) is 0 Å². The summed E-state index contributed by atoms with van der Waals surface area (Å²) in [7, 11) is 1.53. The molecular formula is C32H35F3N2O6. The van der Waals surface area contributed by atoms with Crippen molar-refractivity contribution in [1.82, 2.24) is 10.2 Å². The molecule has 1 heterocycles. The number of urea groups is 1. The van der Waals surface area contributed by atoms with E-state index in [1.807, 2.05) is 6.07 Å². The van der Waals surface area contributed by atoms with Crippen molar-refractivity contribution in [1.29, 1.82) is 0 Å². The summed E-state index contributed by atoms with van der Waals surface area (Å²) in [5, 5.41) is 12.7. The summed E-state index contributed by atoms with van der Waals surface area (Å²) < 4.78 is 56.3. The molecule has 2 unspecified atom stereocenters. The second-order valence-corrected chi connectivity index (χ2v) is 10.8. The van der Waals surface area contributed by atoms with Crippen molar-refractivity contribution in [3.63, 3.8) is 0 Å². The number of aliphatic carboxylic acids is 1. The molecule has 1 aliphatic heterocycles. The number of benzene rings is 3. The van der Waals surface area contributed by atoms with Crippen LogP contribution >= 0.6 is 0 Å². The molecule has 11 heteroatoms. The molecule has 0 radical (unpaired) electrons. The Kier molecular flexibility index (Phi) is 9.85. The van der Waals surface area contributed by atoms with Gasteiger partial charge in [-0.2, -0.15) is 13.2 Å². The highest BCUT2D eigenvalue weighted by Gasteiger charge is 2.45. The van der Waals surface area contributed by atoms with Crippen LogP contribution in [0, 0.1) is 0 Å². The summed E-state index contributed by atoms with van der Waals surface area (Å²) in [6.45, 7) is 2.66. The van der Waals surface area contributed by atoms with Crippen LogP contribution in [0.25, 0.3) is 0 Å². The molecule has 1 fully saturated rings. The number of ether oxygens (including phenoxy) is 3. The molecule has 43 heavy (non-hydrogen) atoms. The number of carbonyl (C=O) groups is 2. The first-order valence-electron chi connectivity index (χ1n) is 13.8. The molecule has 0 aliphatic carbocycles. The van der Waals surface area contributed by atoms with Crippen molar-refractivity contribution in [2.24, 2.45) is 0 Å². The average molecular weight is 601 g/mol. The number of hydrogen-bond acceptors (Lipinski definition) is 5. The monoisotopic (exact) mass is 600 g/mol. The number of para-hydroxylation sites is 1. The molecule has 0 aromatic heterocycles. The lowest BCUT2D eigenvalue weighted by Crippen LogP contribution is -2.51. The van der Waals surface area contributed by atoms with Gasteiger partial charge in [-0.15, -0.1) is 0 Å². The maximum absolute atomic E-state index is 13.1. The highest BCUT2D eigenvalue weighted by atomic mass is 19.4. The van der Waals surface area contributed by atoms with Crippen LogP contribution in [-0.4, -0.2) is 66.6 Å². The standard InChI is InChI=1S/C32H35F3N2O6/c1-30(28(38)39,43-27-6-4-3-5-7-27)20-23-10-14-26(15-11-23)42-18-16-31(22-36-29(40)37(31)17-19-41-2)21-24-8-12-25(13-9-24)32(33,34)35/h3-15H,16-22H2,1-2H3,(H,36,40)(H,38,39). The van der Waals surface area contributed by atoms with Gasteiger partial charge in [0, 0.05) is 33.0 Å². The SMILES string of the molecule is COCCN1C(=O)NCC1(CCOc1ccc(CC(C)(Oc2ccccc2)C(=O)O)cc1)Cc1ccc(C(F)(F)F)cc1. The Morgan fingerprint density at radius 2 is 1.60 bits per heavy atom. The molecule has 3 aromatic carbocycles. The Morgan fingerprint density at radius 1 is 0.953 bits per heavy atom. The summed E-state index contributed by atoms with van der Waals surface area (Å²) >= 11 is 0. The molecule has 0 bridgehead atoms.